The number of carbonyl (C=O) groups excluding carboxylic acids is 1. The fraction of sp³-hybridized carbons (Fsp3) is 0.286. The zero-order chi connectivity index (χ0) is 12.5. The molecule has 0 amide bonds. The van der Waals surface area contributed by atoms with Gasteiger partial charge in [0, 0.05) is 18.2 Å². The molecule has 3 nitrogen and oxygen atoms in total. The molecule has 1 aliphatic heterocycles. The maximum absolute atomic E-state index is 11.7. The van der Waals surface area contributed by atoms with Gasteiger partial charge in [-0.05, 0) is 5.41 Å². The molecular weight excluding hydrogens is 214 g/mol. The van der Waals surface area contributed by atoms with Gasteiger partial charge in [0.05, 0.1) is 0 Å². The Kier molecular flexibility index (Phi) is 2.84. The lowest BCUT2D eigenvalue weighted by atomic mass is 9.95. The maximum Gasteiger partial charge on any atom is 0.413 e. The minimum absolute atomic E-state index is 0.0699. The molecule has 1 aromatic carbocycles. The van der Waals surface area contributed by atoms with Crippen LogP contribution in [-0.2, 0) is 9.53 Å². The molecule has 88 valence electrons. The first-order valence-corrected chi connectivity index (χ1v) is 5.59. The van der Waals surface area contributed by atoms with Crippen molar-refractivity contribution in [2.45, 2.75) is 20.8 Å². The normalized spacial score (nSPS) is 18.2. The summed E-state index contributed by atoms with van der Waals surface area (Å²) in [4.78, 5) is 11.7. The Balaban J connectivity index is 2.42. The number of carbonyl (C=O) groups is 1. The molecular formula is C14H16NO2+. The van der Waals surface area contributed by atoms with Crippen molar-refractivity contribution in [3.8, 4) is 0 Å². The molecule has 0 fully saturated rings. The number of nitrogens with zero attached hydrogens (tertiary/aromatic N) is 1. The lowest BCUT2D eigenvalue weighted by Crippen LogP contribution is -2.11. The van der Waals surface area contributed by atoms with Crippen LogP contribution in [0.25, 0.3) is 0 Å². The molecule has 0 spiro atoms. The summed E-state index contributed by atoms with van der Waals surface area (Å²) in [6, 6.07) is 9.68. The summed E-state index contributed by atoms with van der Waals surface area (Å²) in [6.45, 7) is 6.15. The third-order valence-electron chi connectivity index (χ3n) is 2.34. The molecule has 0 aliphatic carbocycles. The van der Waals surface area contributed by atoms with E-state index in [1.54, 1.807) is 4.58 Å². The van der Waals surface area contributed by atoms with E-state index in [9.17, 15) is 4.79 Å². The summed E-state index contributed by atoms with van der Waals surface area (Å²) < 4.78 is 6.74. The highest BCUT2D eigenvalue weighted by atomic mass is 16.5. The number of hydrogen-bond donors (Lipinski definition) is 0. The van der Waals surface area contributed by atoms with Crippen LogP contribution in [-0.4, -0.2) is 16.9 Å². The summed E-state index contributed by atoms with van der Waals surface area (Å²) in [5.74, 6) is -0.302. The van der Waals surface area contributed by atoms with Crippen LogP contribution in [0.5, 0.6) is 0 Å². The number of hydrogen-bond acceptors (Lipinski definition) is 2. The molecule has 0 bridgehead atoms. The SMILES string of the molecule is CC(C)(C)/C=C1/C(=O)OC=[N+]1c1ccccc1. The smallest absolute Gasteiger partial charge is 0.368 e. The van der Waals surface area contributed by atoms with Crippen molar-refractivity contribution >= 4 is 18.1 Å². The summed E-state index contributed by atoms with van der Waals surface area (Å²) >= 11 is 0. The molecule has 1 heterocycles. The van der Waals surface area contributed by atoms with Crippen LogP contribution in [0.15, 0.2) is 42.1 Å². The highest BCUT2D eigenvalue weighted by molar-refractivity contribution is 5.94. The lowest BCUT2D eigenvalue weighted by Gasteiger charge is -2.10. The van der Waals surface area contributed by atoms with Crippen LogP contribution in [0.2, 0.25) is 0 Å². The van der Waals surface area contributed by atoms with Crippen LogP contribution in [0.4, 0.5) is 5.69 Å². The van der Waals surface area contributed by atoms with E-state index in [1.807, 2.05) is 36.4 Å². The number of benzene rings is 1. The van der Waals surface area contributed by atoms with Crippen molar-refractivity contribution in [3.63, 3.8) is 0 Å². The summed E-state index contributed by atoms with van der Waals surface area (Å²) in [6.07, 6.45) is 3.38. The summed E-state index contributed by atoms with van der Waals surface area (Å²) in [5, 5.41) is 0. The van der Waals surface area contributed by atoms with Crippen molar-refractivity contribution in [2.24, 2.45) is 5.41 Å². The van der Waals surface area contributed by atoms with Gasteiger partial charge in [0.2, 0.25) is 5.69 Å². The van der Waals surface area contributed by atoms with Crippen molar-refractivity contribution in [2.75, 3.05) is 0 Å². The molecule has 1 aliphatic rings. The minimum atomic E-state index is -0.302. The van der Waals surface area contributed by atoms with Gasteiger partial charge in [0.15, 0.2) is 0 Å². The molecule has 0 saturated heterocycles. The zero-order valence-electron chi connectivity index (χ0n) is 10.3. The Morgan fingerprint density at radius 2 is 1.82 bits per heavy atom. The quantitative estimate of drug-likeness (QED) is 0.422. The van der Waals surface area contributed by atoms with E-state index in [0.29, 0.717) is 5.70 Å². The van der Waals surface area contributed by atoms with E-state index in [2.05, 4.69) is 20.8 Å². The second-order valence-electron chi connectivity index (χ2n) is 5.11. The third-order valence-corrected chi connectivity index (χ3v) is 2.34. The van der Waals surface area contributed by atoms with Crippen molar-refractivity contribution in [1.29, 1.82) is 0 Å². The predicted molar refractivity (Wildman–Crippen MR) is 66.1 cm³/mol. The number of ether oxygens (including phenoxy) is 1. The van der Waals surface area contributed by atoms with Gasteiger partial charge in [0.1, 0.15) is 0 Å². The fourth-order valence-corrected chi connectivity index (χ4v) is 1.64. The van der Waals surface area contributed by atoms with Gasteiger partial charge >= 0.3 is 12.4 Å². The second kappa shape index (κ2) is 4.17. The van der Waals surface area contributed by atoms with Gasteiger partial charge in [-0.3, -0.25) is 0 Å². The first kappa shape index (κ1) is 11.6. The molecule has 17 heavy (non-hydrogen) atoms. The Hall–Kier alpha value is -1.90. The molecule has 2 rings (SSSR count). The molecule has 0 saturated carbocycles. The molecule has 1 aromatic rings. The van der Waals surface area contributed by atoms with E-state index in [1.165, 1.54) is 6.40 Å². The minimum Gasteiger partial charge on any atom is -0.368 e. The molecule has 0 radical (unpaired) electrons. The monoisotopic (exact) mass is 230 g/mol. The molecule has 0 aromatic heterocycles. The van der Waals surface area contributed by atoms with Crippen molar-refractivity contribution in [1.82, 2.24) is 0 Å². The van der Waals surface area contributed by atoms with Gasteiger partial charge < -0.3 is 4.74 Å². The van der Waals surface area contributed by atoms with E-state index < -0.39 is 0 Å². The summed E-state index contributed by atoms with van der Waals surface area (Å²) in [5.41, 5.74) is 1.43. The molecule has 3 heteroatoms. The van der Waals surface area contributed by atoms with Gasteiger partial charge in [-0.15, -0.1) is 4.58 Å². The fourth-order valence-electron chi connectivity index (χ4n) is 1.64. The first-order chi connectivity index (χ1) is 7.97. The molecule has 0 unspecified atom stereocenters. The van der Waals surface area contributed by atoms with Crippen LogP contribution >= 0.6 is 0 Å². The van der Waals surface area contributed by atoms with E-state index in [4.69, 9.17) is 4.74 Å². The third kappa shape index (κ3) is 2.61. The summed E-state index contributed by atoms with van der Waals surface area (Å²) in [7, 11) is 0. The standard InChI is InChI=1S/C14H16NO2/c1-14(2,3)9-12-13(16)17-10-15(12)11-7-5-4-6-8-11/h4-10H,1-3H3/q+1/b12-9-. The number of esters is 1. The first-order valence-electron chi connectivity index (χ1n) is 5.59. The largest absolute Gasteiger partial charge is 0.413 e. The van der Waals surface area contributed by atoms with Crippen LogP contribution in [0, 0.1) is 5.41 Å². The Morgan fingerprint density at radius 3 is 2.41 bits per heavy atom. The van der Waals surface area contributed by atoms with Crippen LogP contribution in [0.1, 0.15) is 20.8 Å². The van der Waals surface area contributed by atoms with Crippen LogP contribution < -0.4 is 0 Å². The number of allylic oxidation sites excluding steroid dienone is 1. The highest BCUT2D eigenvalue weighted by Crippen LogP contribution is 2.25. The Morgan fingerprint density at radius 1 is 1.18 bits per heavy atom. The van der Waals surface area contributed by atoms with E-state index in [0.717, 1.165) is 5.69 Å². The van der Waals surface area contributed by atoms with Gasteiger partial charge in [0.25, 0.3) is 5.70 Å². The predicted octanol–water partition coefficient (Wildman–Crippen LogP) is 2.85. The van der Waals surface area contributed by atoms with Gasteiger partial charge in [-0.25, -0.2) is 4.79 Å². The molecule has 0 N–H and O–H groups in total. The van der Waals surface area contributed by atoms with Crippen molar-refractivity contribution in [3.05, 3.63) is 42.1 Å². The number of cyclic esters (lactones) is 1. The average molecular weight is 230 g/mol. The number of para-hydroxylation sites is 1. The van der Waals surface area contributed by atoms with E-state index >= 15 is 0 Å². The zero-order valence-corrected chi connectivity index (χ0v) is 10.3. The second-order valence-corrected chi connectivity index (χ2v) is 5.11. The Bertz CT molecular complexity index is 493. The van der Waals surface area contributed by atoms with Gasteiger partial charge in [-0.1, -0.05) is 39.0 Å². The topological polar surface area (TPSA) is 29.3 Å². The molecule has 0 atom stereocenters. The average Bonchev–Trinajstić information content (AvgIpc) is 2.60. The van der Waals surface area contributed by atoms with E-state index in [-0.39, 0.29) is 11.4 Å². The van der Waals surface area contributed by atoms with Crippen LogP contribution in [0.3, 0.4) is 0 Å². The number of rotatable bonds is 1. The van der Waals surface area contributed by atoms with Crippen molar-refractivity contribution < 1.29 is 14.1 Å². The Labute approximate surface area is 101 Å². The highest BCUT2D eigenvalue weighted by Gasteiger charge is 2.34. The lowest BCUT2D eigenvalue weighted by molar-refractivity contribution is -0.369. The van der Waals surface area contributed by atoms with Gasteiger partial charge in [-0.2, -0.15) is 0 Å². The maximum atomic E-state index is 11.7.